The Morgan fingerprint density at radius 3 is 2.88 bits per heavy atom. The number of rotatable bonds is 1. The van der Waals surface area contributed by atoms with E-state index in [2.05, 4.69) is 10.1 Å². The maximum Gasteiger partial charge on any atom is 0.283 e. The van der Waals surface area contributed by atoms with Crippen LogP contribution in [0.1, 0.15) is 32.1 Å². The Morgan fingerprint density at radius 1 is 1.35 bits per heavy atom. The highest BCUT2D eigenvalue weighted by atomic mass is 32.2. The van der Waals surface area contributed by atoms with Crippen molar-refractivity contribution in [2.75, 3.05) is 6.26 Å². The van der Waals surface area contributed by atoms with Crippen molar-refractivity contribution in [1.29, 1.82) is 0 Å². The van der Waals surface area contributed by atoms with Gasteiger partial charge in [-0.25, -0.2) is 0 Å². The molecule has 0 radical (unpaired) electrons. The Balaban J connectivity index is 1.89. The lowest BCUT2D eigenvalue weighted by atomic mass is 9.87. The van der Waals surface area contributed by atoms with Gasteiger partial charge in [-0.2, -0.15) is 5.10 Å². The van der Waals surface area contributed by atoms with E-state index in [0.29, 0.717) is 11.1 Å². The summed E-state index contributed by atoms with van der Waals surface area (Å²) in [5.74, 6) is 0.726. The molecule has 5 nitrogen and oxygen atoms in total. The molecule has 4 unspecified atom stereocenters. The van der Waals surface area contributed by atoms with E-state index in [9.17, 15) is 10.1 Å². The molecule has 0 amide bonds. The number of hydrogen-bond donors (Lipinski definition) is 0. The molecule has 0 aromatic heterocycles. The standard InChI is InChI=1S/C11H17N3O2S/c1-17-11-10(14(15)16)9-6-5-7-3-2-4-8(7)13(9)12-11/h7-10H,2-6H2,1H3. The Kier molecular flexibility index (Phi) is 2.77. The molecule has 94 valence electrons. The third-order valence-electron chi connectivity index (χ3n) is 4.40. The van der Waals surface area contributed by atoms with Gasteiger partial charge in [-0.15, -0.1) is 11.8 Å². The molecular weight excluding hydrogens is 238 g/mol. The Labute approximate surface area is 105 Å². The van der Waals surface area contributed by atoms with Crippen LogP contribution in [0.3, 0.4) is 0 Å². The van der Waals surface area contributed by atoms with Crippen molar-refractivity contribution in [3.05, 3.63) is 10.1 Å². The quantitative estimate of drug-likeness (QED) is 0.531. The fourth-order valence-corrected chi connectivity index (χ4v) is 4.31. The van der Waals surface area contributed by atoms with Crippen molar-refractivity contribution >= 4 is 16.8 Å². The molecule has 0 aromatic rings. The molecule has 0 N–H and O–H groups in total. The van der Waals surface area contributed by atoms with Gasteiger partial charge in [-0.3, -0.25) is 15.1 Å². The van der Waals surface area contributed by atoms with Gasteiger partial charge in [0.15, 0.2) is 5.04 Å². The molecule has 2 fully saturated rings. The predicted octanol–water partition coefficient (Wildman–Crippen LogP) is 1.95. The molecule has 3 rings (SSSR count). The lowest BCUT2D eigenvalue weighted by molar-refractivity contribution is -0.508. The van der Waals surface area contributed by atoms with E-state index in [1.807, 2.05) is 6.26 Å². The number of nitrogens with zero attached hydrogens (tertiary/aromatic N) is 3. The molecule has 0 bridgehead atoms. The van der Waals surface area contributed by atoms with Crippen molar-refractivity contribution in [3.8, 4) is 0 Å². The smallest absolute Gasteiger partial charge is 0.282 e. The molecule has 3 aliphatic rings. The molecule has 0 spiro atoms. The molecule has 4 atom stereocenters. The first kappa shape index (κ1) is 11.3. The first-order valence-electron chi connectivity index (χ1n) is 6.26. The van der Waals surface area contributed by atoms with Crippen LogP contribution in [-0.2, 0) is 0 Å². The second-order valence-corrected chi connectivity index (χ2v) is 5.98. The van der Waals surface area contributed by atoms with E-state index < -0.39 is 6.04 Å². The third kappa shape index (κ3) is 1.64. The molecule has 0 aromatic carbocycles. The molecule has 1 saturated carbocycles. The van der Waals surface area contributed by atoms with Crippen LogP contribution >= 0.6 is 11.8 Å². The van der Waals surface area contributed by atoms with Crippen LogP contribution < -0.4 is 0 Å². The van der Waals surface area contributed by atoms with E-state index in [4.69, 9.17) is 0 Å². The normalized spacial score (nSPS) is 39.8. The average molecular weight is 255 g/mol. The van der Waals surface area contributed by atoms with Crippen LogP contribution in [0.15, 0.2) is 5.10 Å². The van der Waals surface area contributed by atoms with Gasteiger partial charge in [0, 0.05) is 4.92 Å². The summed E-state index contributed by atoms with van der Waals surface area (Å²) >= 11 is 1.44. The van der Waals surface area contributed by atoms with Crippen LogP contribution in [0, 0.1) is 16.0 Å². The molecule has 2 heterocycles. The van der Waals surface area contributed by atoms with Crippen LogP contribution in [0.25, 0.3) is 0 Å². The third-order valence-corrected chi connectivity index (χ3v) is 5.14. The summed E-state index contributed by atoms with van der Waals surface area (Å²) < 4.78 is 0. The van der Waals surface area contributed by atoms with E-state index in [1.165, 1.54) is 24.6 Å². The molecular formula is C11H17N3O2S. The number of fused-ring (bicyclic) bond motifs is 3. The topological polar surface area (TPSA) is 58.7 Å². The molecule has 17 heavy (non-hydrogen) atoms. The van der Waals surface area contributed by atoms with Gasteiger partial charge >= 0.3 is 0 Å². The van der Waals surface area contributed by atoms with Crippen LogP contribution in [0.5, 0.6) is 0 Å². The largest absolute Gasteiger partial charge is 0.283 e. The average Bonchev–Trinajstić information content (AvgIpc) is 2.91. The van der Waals surface area contributed by atoms with E-state index in [1.54, 1.807) is 0 Å². The summed E-state index contributed by atoms with van der Waals surface area (Å²) in [6, 6.07) is -0.0841. The number of hydrazone groups is 1. The zero-order valence-corrected chi connectivity index (χ0v) is 10.7. The van der Waals surface area contributed by atoms with Gasteiger partial charge in [0.1, 0.15) is 6.04 Å². The summed E-state index contributed by atoms with van der Waals surface area (Å²) in [4.78, 5) is 11.1. The van der Waals surface area contributed by atoms with Gasteiger partial charge in [0.2, 0.25) is 0 Å². The van der Waals surface area contributed by atoms with Crippen molar-refractivity contribution in [2.45, 2.75) is 50.2 Å². The van der Waals surface area contributed by atoms with E-state index in [-0.39, 0.29) is 11.0 Å². The maximum absolute atomic E-state index is 11.2. The van der Waals surface area contributed by atoms with Crippen molar-refractivity contribution < 1.29 is 4.92 Å². The Bertz CT molecular complexity index is 374. The summed E-state index contributed by atoms with van der Waals surface area (Å²) in [5.41, 5.74) is 0. The summed E-state index contributed by atoms with van der Waals surface area (Å²) in [6.45, 7) is 0. The summed E-state index contributed by atoms with van der Waals surface area (Å²) in [6.07, 6.45) is 7.66. The van der Waals surface area contributed by atoms with Crippen molar-refractivity contribution in [1.82, 2.24) is 5.01 Å². The lowest BCUT2D eigenvalue weighted by Crippen LogP contribution is -2.50. The number of piperidine rings is 1. The number of thioether (sulfide) groups is 1. The number of hydrogen-bond acceptors (Lipinski definition) is 5. The highest BCUT2D eigenvalue weighted by Gasteiger charge is 2.52. The highest BCUT2D eigenvalue weighted by molar-refractivity contribution is 8.13. The fourth-order valence-electron chi connectivity index (χ4n) is 3.65. The Morgan fingerprint density at radius 2 is 2.18 bits per heavy atom. The van der Waals surface area contributed by atoms with Gasteiger partial charge in [-0.05, 0) is 37.9 Å². The van der Waals surface area contributed by atoms with Gasteiger partial charge in [0.05, 0.1) is 6.04 Å². The molecule has 2 aliphatic heterocycles. The molecule has 6 heteroatoms. The van der Waals surface area contributed by atoms with Crippen LogP contribution in [0.4, 0.5) is 0 Å². The van der Waals surface area contributed by atoms with E-state index >= 15 is 0 Å². The minimum absolute atomic E-state index is 0.0202. The van der Waals surface area contributed by atoms with Crippen molar-refractivity contribution in [3.63, 3.8) is 0 Å². The predicted molar refractivity (Wildman–Crippen MR) is 67.7 cm³/mol. The summed E-state index contributed by atoms with van der Waals surface area (Å²) in [5, 5.41) is 18.5. The minimum Gasteiger partial charge on any atom is -0.282 e. The number of nitro groups is 1. The SMILES string of the molecule is CSC1=NN2C3CCCC3CCC2C1[N+](=O)[O-]. The second-order valence-electron chi connectivity index (χ2n) is 5.16. The lowest BCUT2D eigenvalue weighted by Gasteiger charge is -2.38. The zero-order chi connectivity index (χ0) is 12.0. The first-order chi connectivity index (χ1) is 8.22. The van der Waals surface area contributed by atoms with E-state index in [0.717, 1.165) is 25.2 Å². The monoisotopic (exact) mass is 255 g/mol. The van der Waals surface area contributed by atoms with Crippen LogP contribution in [0.2, 0.25) is 0 Å². The fraction of sp³-hybridized carbons (Fsp3) is 0.909. The minimum atomic E-state index is -0.577. The van der Waals surface area contributed by atoms with Crippen molar-refractivity contribution in [2.24, 2.45) is 11.0 Å². The zero-order valence-electron chi connectivity index (χ0n) is 9.91. The highest BCUT2D eigenvalue weighted by Crippen LogP contribution is 2.43. The maximum atomic E-state index is 11.2. The van der Waals surface area contributed by atoms with Gasteiger partial charge < -0.3 is 0 Å². The first-order valence-corrected chi connectivity index (χ1v) is 7.49. The van der Waals surface area contributed by atoms with Crippen LogP contribution in [-0.4, -0.2) is 39.4 Å². The summed E-state index contributed by atoms with van der Waals surface area (Å²) in [7, 11) is 0. The Hall–Kier alpha value is -0.780. The van der Waals surface area contributed by atoms with Gasteiger partial charge in [0.25, 0.3) is 6.04 Å². The molecule has 1 saturated heterocycles. The molecule has 1 aliphatic carbocycles. The van der Waals surface area contributed by atoms with Gasteiger partial charge in [-0.1, -0.05) is 6.42 Å². The second kappa shape index (κ2) is 4.15.